The first kappa shape index (κ1) is 12.2. The van der Waals surface area contributed by atoms with Crippen molar-refractivity contribution in [3.8, 4) is 0 Å². The molecule has 0 saturated carbocycles. The molecule has 1 aromatic heterocycles. The lowest BCUT2D eigenvalue weighted by atomic mass is 10.3. The minimum atomic E-state index is -0.262. The number of aromatic nitrogens is 3. The monoisotopic (exact) mass is 257 g/mol. The fraction of sp³-hybridized carbons (Fsp3) is 0.667. The molecule has 8 heteroatoms. The third-order valence-electron chi connectivity index (χ3n) is 2.63. The second kappa shape index (κ2) is 5.37. The van der Waals surface area contributed by atoms with E-state index in [9.17, 15) is 9.59 Å². The van der Waals surface area contributed by atoms with Crippen molar-refractivity contribution in [2.75, 3.05) is 31.9 Å². The Balaban J connectivity index is 1.87. The van der Waals surface area contributed by atoms with Crippen LogP contribution in [0, 0.1) is 0 Å². The zero-order valence-electron chi connectivity index (χ0n) is 9.60. The highest BCUT2D eigenvalue weighted by atomic mass is 32.2. The summed E-state index contributed by atoms with van der Waals surface area (Å²) < 4.78 is 1.40. The van der Waals surface area contributed by atoms with Gasteiger partial charge in [-0.1, -0.05) is 11.8 Å². The molecule has 7 nitrogen and oxygen atoms in total. The molecule has 0 atom stereocenters. The highest BCUT2D eigenvalue weighted by molar-refractivity contribution is 7.99. The number of nitrogens with zero attached hydrogens (tertiary/aromatic N) is 3. The van der Waals surface area contributed by atoms with Crippen molar-refractivity contribution in [1.29, 1.82) is 0 Å². The number of nitrogens with one attached hydrogen (secondary N) is 2. The molecule has 1 aliphatic heterocycles. The Bertz CT molecular complexity index is 448. The van der Waals surface area contributed by atoms with E-state index in [1.807, 2.05) is 4.90 Å². The Morgan fingerprint density at radius 2 is 2.18 bits per heavy atom. The van der Waals surface area contributed by atoms with Crippen molar-refractivity contribution in [2.24, 2.45) is 7.05 Å². The minimum Gasteiger partial charge on any atom is -0.339 e. The second-order valence-electron chi connectivity index (χ2n) is 3.79. The van der Waals surface area contributed by atoms with Gasteiger partial charge in [-0.3, -0.25) is 9.36 Å². The Morgan fingerprint density at radius 3 is 2.76 bits per heavy atom. The van der Waals surface area contributed by atoms with Crippen LogP contribution in [-0.4, -0.2) is 57.5 Å². The Kier molecular flexibility index (Phi) is 3.85. The number of thioether (sulfide) groups is 1. The molecule has 1 fully saturated rings. The normalized spacial score (nSPS) is 16.2. The van der Waals surface area contributed by atoms with Crippen LogP contribution < -0.4 is 11.0 Å². The first-order valence-electron chi connectivity index (χ1n) is 5.41. The van der Waals surface area contributed by atoms with E-state index >= 15 is 0 Å². The van der Waals surface area contributed by atoms with Crippen LogP contribution in [0.15, 0.2) is 9.95 Å². The van der Waals surface area contributed by atoms with Gasteiger partial charge in [0, 0.05) is 33.2 Å². The number of hydrogen-bond donors (Lipinski definition) is 2. The Hall–Kier alpha value is -1.28. The number of carbonyl (C=O) groups excluding carboxylic acids is 1. The third-order valence-corrected chi connectivity index (χ3v) is 3.65. The van der Waals surface area contributed by atoms with Gasteiger partial charge >= 0.3 is 5.69 Å². The molecule has 0 aromatic carbocycles. The van der Waals surface area contributed by atoms with Crippen LogP contribution in [0.3, 0.4) is 0 Å². The minimum absolute atomic E-state index is 0.0898. The van der Waals surface area contributed by atoms with E-state index in [0.717, 1.165) is 26.2 Å². The van der Waals surface area contributed by atoms with E-state index in [2.05, 4.69) is 15.5 Å². The quantitative estimate of drug-likeness (QED) is 0.653. The molecule has 17 heavy (non-hydrogen) atoms. The maximum Gasteiger partial charge on any atom is 0.343 e. The molecule has 2 N–H and O–H groups in total. The van der Waals surface area contributed by atoms with Crippen molar-refractivity contribution in [3.05, 3.63) is 10.5 Å². The van der Waals surface area contributed by atoms with Crippen LogP contribution in [-0.2, 0) is 11.8 Å². The van der Waals surface area contributed by atoms with Gasteiger partial charge in [0.15, 0.2) is 5.16 Å². The van der Waals surface area contributed by atoms with E-state index in [4.69, 9.17) is 0 Å². The van der Waals surface area contributed by atoms with E-state index in [0.29, 0.717) is 10.9 Å². The summed E-state index contributed by atoms with van der Waals surface area (Å²) in [6.45, 7) is 3.19. The number of H-pyrrole nitrogens is 1. The van der Waals surface area contributed by atoms with Gasteiger partial charge < -0.3 is 10.2 Å². The van der Waals surface area contributed by atoms with Gasteiger partial charge in [-0.15, -0.1) is 5.10 Å². The largest absolute Gasteiger partial charge is 0.343 e. The van der Waals surface area contributed by atoms with Crippen LogP contribution in [0.5, 0.6) is 0 Å². The summed E-state index contributed by atoms with van der Waals surface area (Å²) in [6, 6.07) is 0. The molecule has 1 saturated heterocycles. The molecule has 94 valence electrons. The van der Waals surface area contributed by atoms with Gasteiger partial charge in [0.05, 0.1) is 5.75 Å². The van der Waals surface area contributed by atoms with Crippen LogP contribution in [0.25, 0.3) is 0 Å². The van der Waals surface area contributed by atoms with Crippen LogP contribution in [0.2, 0.25) is 0 Å². The first-order valence-corrected chi connectivity index (χ1v) is 6.40. The van der Waals surface area contributed by atoms with Crippen molar-refractivity contribution >= 4 is 17.7 Å². The number of amides is 1. The summed E-state index contributed by atoms with van der Waals surface area (Å²) in [4.78, 5) is 24.8. The number of aromatic amines is 1. The fourth-order valence-corrected chi connectivity index (χ4v) is 2.42. The maximum absolute atomic E-state index is 11.8. The van der Waals surface area contributed by atoms with Crippen molar-refractivity contribution in [2.45, 2.75) is 5.16 Å². The molecule has 0 aliphatic carbocycles. The number of hydrogen-bond acceptors (Lipinski definition) is 5. The third kappa shape index (κ3) is 2.89. The molecular weight excluding hydrogens is 242 g/mol. The molecule has 0 radical (unpaired) electrons. The van der Waals surface area contributed by atoms with E-state index in [-0.39, 0.29) is 11.6 Å². The molecular formula is C9H15N5O2S. The van der Waals surface area contributed by atoms with E-state index in [1.54, 1.807) is 7.05 Å². The standard InChI is InChI=1S/C9H15N5O2S/c1-13-8(16)11-12-9(13)17-6-7(15)14-4-2-10-3-5-14/h10H,2-6H2,1H3,(H,11,16). The van der Waals surface area contributed by atoms with Crippen molar-refractivity contribution < 1.29 is 4.79 Å². The fourth-order valence-electron chi connectivity index (χ4n) is 1.59. The van der Waals surface area contributed by atoms with E-state index < -0.39 is 0 Å². The molecule has 1 amide bonds. The van der Waals surface area contributed by atoms with Gasteiger partial charge in [-0.2, -0.15) is 0 Å². The molecule has 0 spiro atoms. The van der Waals surface area contributed by atoms with E-state index in [1.165, 1.54) is 16.3 Å². The van der Waals surface area contributed by atoms with Gasteiger partial charge in [0.1, 0.15) is 0 Å². The van der Waals surface area contributed by atoms with Crippen LogP contribution in [0.1, 0.15) is 0 Å². The lowest BCUT2D eigenvalue weighted by Gasteiger charge is -2.27. The van der Waals surface area contributed by atoms with Gasteiger partial charge in [-0.05, 0) is 0 Å². The molecule has 0 bridgehead atoms. The average molecular weight is 257 g/mol. The zero-order chi connectivity index (χ0) is 12.3. The van der Waals surface area contributed by atoms with Crippen molar-refractivity contribution in [3.63, 3.8) is 0 Å². The van der Waals surface area contributed by atoms with Gasteiger partial charge in [-0.25, -0.2) is 9.89 Å². The molecule has 1 aromatic rings. The van der Waals surface area contributed by atoms with Gasteiger partial charge in [0.2, 0.25) is 5.91 Å². The predicted molar refractivity (Wildman–Crippen MR) is 64.0 cm³/mol. The van der Waals surface area contributed by atoms with Crippen LogP contribution >= 0.6 is 11.8 Å². The summed E-state index contributed by atoms with van der Waals surface area (Å²) in [5.74, 6) is 0.407. The van der Waals surface area contributed by atoms with Crippen molar-refractivity contribution in [1.82, 2.24) is 25.0 Å². The van der Waals surface area contributed by atoms with Crippen LogP contribution in [0.4, 0.5) is 0 Å². The highest BCUT2D eigenvalue weighted by Gasteiger charge is 2.17. The number of piperazine rings is 1. The number of carbonyl (C=O) groups is 1. The lowest BCUT2D eigenvalue weighted by Crippen LogP contribution is -2.47. The molecule has 0 unspecified atom stereocenters. The van der Waals surface area contributed by atoms with Gasteiger partial charge in [0.25, 0.3) is 0 Å². The lowest BCUT2D eigenvalue weighted by molar-refractivity contribution is -0.128. The average Bonchev–Trinajstić information content (AvgIpc) is 2.68. The highest BCUT2D eigenvalue weighted by Crippen LogP contribution is 2.12. The summed E-state index contributed by atoms with van der Waals surface area (Å²) in [7, 11) is 1.63. The SMILES string of the molecule is Cn1c(SCC(=O)N2CCNCC2)n[nH]c1=O. The number of rotatable bonds is 3. The Morgan fingerprint density at radius 1 is 1.47 bits per heavy atom. The predicted octanol–water partition coefficient (Wildman–Crippen LogP) is -1.37. The second-order valence-corrected chi connectivity index (χ2v) is 4.73. The Labute approximate surface area is 103 Å². The molecule has 2 rings (SSSR count). The first-order chi connectivity index (χ1) is 8.18. The molecule has 2 heterocycles. The topological polar surface area (TPSA) is 83.0 Å². The summed E-state index contributed by atoms with van der Waals surface area (Å²) in [5.41, 5.74) is -0.262. The maximum atomic E-state index is 11.8. The summed E-state index contributed by atoms with van der Waals surface area (Å²) in [6.07, 6.45) is 0. The smallest absolute Gasteiger partial charge is 0.339 e. The summed E-state index contributed by atoms with van der Waals surface area (Å²) in [5, 5.41) is 9.91. The summed E-state index contributed by atoms with van der Waals surface area (Å²) >= 11 is 1.28. The molecule has 1 aliphatic rings. The zero-order valence-corrected chi connectivity index (χ0v) is 10.4.